The molecule has 0 aliphatic carbocycles. The highest BCUT2D eigenvalue weighted by Crippen LogP contribution is 2.13. The van der Waals surface area contributed by atoms with Crippen LogP contribution in [0.5, 0.6) is 0 Å². The van der Waals surface area contributed by atoms with Crippen LogP contribution in [0.1, 0.15) is 12.8 Å². The van der Waals surface area contributed by atoms with E-state index in [0.29, 0.717) is 6.54 Å². The molecule has 2 heterocycles. The molecule has 2 aliphatic rings. The van der Waals surface area contributed by atoms with Crippen LogP contribution in [0.3, 0.4) is 0 Å². The van der Waals surface area contributed by atoms with Gasteiger partial charge in [-0.05, 0) is 19.4 Å². The molecule has 2 N–H and O–H groups in total. The lowest BCUT2D eigenvalue weighted by atomic mass is 10.1. The number of aliphatic hydroxyl groups is 1. The molecule has 2 unspecified atom stereocenters. The highest BCUT2D eigenvalue weighted by molar-refractivity contribution is 5.82. The molecule has 2 saturated heterocycles. The Bertz CT molecular complexity index is 301. The summed E-state index contributed by atoms with van der Waals surface area (Å²) in [5.74, 6) is 0.199. The Morgan fingerprint density at radius 2 is 2.21 bits per heavy atom. The molecule has 0 bridgehead atoms. The summed E-state index contributed by atoms with van der Waals surface area (Å²) in [6.07, 6.45) is 1.91. The lowest BCUT2D eigenvalue weighted by molar-refractivity contribution is -0.133. The Morgan fingerprint density at radius 1 is 1.37 bits per heavy atom. The van der Waals surface area contributed by atoms with E-state index >= 15 is 0 Å². The molecular formula is C13H25N3O3. The fourth-order valence-corrected chi connectivity index (χ4v) is 2.85. The molecule has 110 valence electrons. The standard InChI is InChI=1S/C13H25N3O3/c1-19-11-9-12(14-10-11)13(18)16-4-2-3-15(5-6-16)7-8-17/h11-12,14,17H,2-10H2,1H3. The van der Waals surface area contributed by atoms with Crippen LogP contribution in [0, 0.1) is 0 Å². The minimum Gasteiger partial charge on any atom is -0.395 e. The van der Waals surface area contributed by atoms with E-state index in [1.807, 2.05) is 4.90 Å². The summed E-state index contributed by atoms with van der Waals surface area (Å²) in [5, 5.41) is 12.2. The Hall–Kier alpha value is -0.690. The Morgan fingerprint density at radius 3 is 2.89 bits per heavy atom. The third-order valence-electron chi connectivity index (χ3n) is 4.04. The smallest absolute Gasteiger partial charge is 0.239 e. The Labute approximate surface area is 114 Å². The number of ether oxygens (including phenoxy) is 1. The molecule has 0 aromatic heterocycles. The van der Waals surface area contributed by atoms with Crippen LogP contribution in [-0.4, -0.2) is 85.9 Å². The van der Waals surface area contributed by atoms with E-state index < -0.39 is 0 Å². The molecular weight excluding hydrogens is 246 g/mol. The molecule has 0 radical (unpaired) electrons. The quantitative estimate of drug-likeness (QED) is 0.679. The van der Waals surface area contributed by atoms with Gasteiger partial charge in [0.15, 0.2) is 0 Å². The zero-order valence-corrected chi connectivity index (χ0v) is 11.7. The number of carbonyl (C=O) groups is 1. The van der Waals surface area contributed by atoms with Gasteiger partial charge in [0, 0.05) is 39.8 Å². The lowest BCUT2D eigenvalue weighted by Crippen LogP contribution is -2.45. The number of hydrogen-bond donors (Lipinski definition) is 2. The molecule has 6 heteroatoms. The van der Waals surface area contributed by atoms with Crippen LogP contribution >= 0.6 is 0 Å². The number of hydrogen-bond acceptors (Lipinski definition) is 5. The van der Waals surface area contributed by atoms with Gasteiger partial charge in [0.25, 0.3) is 0 Å². The van der Waals surface area contributed by atoms with Crippen molar-refractivity contribution in [3.8, 4) is 0 Å². The Balaban J connectivity index is 1.83. The molecule has 19 heavy (non-hydrogen) atoms. The van der Waals surface area contributed by atoms with E-state index in [0.717, 1.165) is 45.6 Å². The minimum atomic E-state index is -0.0886. The number of rotatable bonds is 4. The fraction of sp³-hybridized carbons (Fsp3) is 0.923. The highest BCUT2D eigenvalue weighted by Gasteiger charge is 2.32. The first-order valence-corrected chi connectivity index (χ1v) is 7.12. The topological polar surface area (TPSA) is 65.0 Å². The average molecular weight is 271 g/mol. The molecule has 0 saturated carbocycles. The number of β-amino-alcohol motifs (C(OH)–C–C–N with tert-alkyl or cyclic N) is 1. The van der Waals surface area contributed by atoms with Crippen molar-refractivity contribution < 1.29 is 14.6 Å². The van der Waals surface area contributed by atoms with Gasteiger partial charge in [0.2, 0.25) is 5.91 Å². The highest BCUT2D eigenvalue weighted by atomic mass is 16.5. The summed E-state index contributed by atoms with van der Waals surface area (Å²) in [6, 6.07) is -0.0886. The van der Waals surface area contributed by atoms with Crippen LogP contribution in [0.25, 0.3) is 0 Å². The molecule has 0 aromatic rings. The van der Waals surface area contributed by atoms with E-state index in [9.17, 15) is 4.79 Å². The molecule has 1 amide bonds. The van der Waals surface area contributed by atoms with Crippen molar-refractivity contribution in [1.29, 1.82) is 0 Å². The summed E-state index contributed by atoms with van der Waals surface area (Å²) in [4.78, 5) is 16.6. The van der Waals surface area contributed by atoms with Gasteiger partial charge in [-0.1, -0.05) is 0 Å². The third kappa shape index (κ3) is 3.89. The SMILES string of the molecule is COC1CNC(C(=O)N2CCCN(CCO)CC2)C1. The maximum atomic E-state index is 12.4. The molecule has 0 aromatic carbocycles. The summed E-state index contributed by atoms with van der Waals surface area (Å²) in [5.41, 5.74) is 0. The second-order valence-electron chi connectivity index (χ2n) is 5.30. The maximum Gasteiger partial charge on any atom is 0.239 e. The fourth-order valence-electron chi connectivity index (χ4n) is 2.85. The minimum absolute atomic E-state index is 0.0886. The van der Waals surface area contributed by atoms with Crippen LogP contribution in [0.15, 0.2) is 0 Å². The number of nitrogens with one attached hydrogen (secondary N) is 1. The number of nitrogens with zero attached hydrogens (tertiary/aromatic N) is 2. The number of carbonyl (C=O) groups excluding carboxylic acids is 1. The normalized spacial score (nSPS) is 29.5. The van der Waals surface area contributed by atoms with Crippen LogP contribution in [0.2, 0.25) is 0 Å². The number of aliphatic hydroxyl groups excluding tert-OH is 1. The Kier molecular flexibility index (Phi) is 5.57. The van der Waals surface area contributed by atoms with Crippen molar-refractivity contribution in [2.24, 2.45) is 0 Å². The van der Waals surface area contributed by atoms with Gasteiger partial charge in [-0.25, -0.2) is 0 Å². The van der Waals surface area contributed by atoms with Gasteiger partial charge in [-0.2, -0.15) is 0 Å². The van der Waals surface area contributed by atoms with E-state index in [4.69, 9.17) is 9.84 Å². The molecule has 2 aliphatic heterocycles. The first-order chi connectivity index (χ1) is 9.24. The number of amides is 1. The van der Waals surface area contributed by atoms with Gasteiger partial charge in [0.1, 0.15) is 0 Å². The summed E-state index contributed by atoms with van der Waals surface area (Å²) >= 11 is 0. The zero-order valence-electron chi connectivity index (χ0n) is 11.7. The largest absolute Gasteiger partial charge is 0.395 e. The monoisotopic (exact) mass is 271 g/mol. The van der Waals surface area contributed by atoms with Crippen molar-refractivity contribution >= 4 is 5.91 Å². The van der Waals surface area contributed by atoms with Crippen LogP contribution < -0.4 is 5.32 Å². The first-order valence-electron chi connectivity index (χ1n) is 7.12. The average Bonchev–Trinajstić information content (AvgIpc) is 2.79. The maximum absolute atomic E-state index is 12.4. The van der Waals surface area contributed by atoms with Gasteiger partial charge >= 0.3 is 0 Å². The predicted molar refractivity (Wildman–Crippen MR) is 71.9 cm³/mol. The lowest BCUT2D eigenvalue weighted by Gasteiger charge is -2.24. The zero-order chi connectivity index (χ0) is 13.7. The first kappa shape index (κ1) is 14.7. The number of methoxy groups -OCH3 is 1. The molecule has 0 spiro atoms. The van der Waals surface area contributed by atoms with Crippen molar-refractivity contribution in [2.75, 3.05) is 53.0 Å². The van der Waals surface area contributed by atoms with Crippen LogP contribution in [0.4, 0.5) is 0 Å². The van der Waals surface area contributed by atoms with E-state index in [1.54, 1.807) is 7.11 Å². The molecule has 2 fully saturated rings. The van der Waals surface area contributed by atoms with Crippen molar-refractivity contribution in [3.05, 3.63) is 0 Å². The molecule has 2 atom stereocenters. The summed E-state index contributed by atoms with van der Waals surface area (Å²) in [6.45, 7) is 5.04. The summed E-state index contributed by atoms with van der Waals surface area (Å²) < 4.78 is 5.28. The van der Waals surface area contributed by atoms with Gasteiger partial charge in [-0.15, -0.1) is 0 Å². The van der Waals surface area contributed by atoms with Crippen molar-refractivity contribution in [3.63, 3.8) is 0 Å². The second kappa shape index (κ2) is 7.19. The van der Waals surface area contributed by atoms with Crippen molar-refractivity contribution in [1.82, 2.24) is 15.1 Å². The van der Waals surface area contributed by atoms with Gasteiger partial charge < -0.3 is 20.1 Å². The second-order valence-corrected chi connectivity index (χ2v) is 5.30. The van der Waals surface area contributed by atoms with Crippen molar-refractivity contribution in [2.45, 2.75) is 25.0 Å². The van der Waals surface area contributed by atoms with E-state index in [1.165, 1.54) is 0 Å². The van der Waals surface area contributed by atoms with Gasteiger partial charge in [0.05, 0.1) is 18.8 Å². The third-order valence-corrected chi connectivity index (χ3v) is 4.04. The summed E-state index contributed by atoms with van der Waals surface area (Å²) in [7, 11) is 1.69. The molecule has 6 nitrogen and oxygen atoms in total. The van der Waals surface area contributed by atoms with Gasteiger partial charge in [-0.3, -0.25) is 9.69 Å². The van der Waals surface area contributed by atoms with E-state index in [2.05, 4.69) is 10.2 Å². The molecule has 2 rings (SSSR count). The predicted octanol–water partition coefficient (Wildman–Crippen LogP) is -1.11. The van der Waals surface area contributed by atoms with E-state index in [-0.39, 0.29) is 24.7 Å². The van der Waals surface area contributed by atoms with Crippen LogP contribution in [-0.2, 0) is 9.53 Å².